The molecule has 1 rings (SSSR count). The number of nitrogens with one attached hydrogen (secondary N) is 2. The highest BCUT2D eigenvalue weighted by Crippen LogP contribution is 2.23. The molecule has 20 heavy (non-hydrogen) atoms. The molecule has 4 N–H and O–H groups in total. The molecule has 0 aromatic heterocycles. The molecule has 1 aromatic rings. The van der Waals surface area contributed by atoms with Crippen LogP contribution in [0, 0.1) is 12.7 Å². The van der Waals surface area contributed by atoms with Gasteiger partial charge in [0, 0.05) is 25.4 Å². The zero-order valence-corrected chi connectivity index (χ0v) is 13.3. The molecule has 5 nitrogen and oxygen atoms in total. The molecule has 0 unspecified atom stereocenters. The van der Waals surface area contributed by atoms with Crippen molar-refractivity contribution in [1.82, 2.24) is 5.43 Å². The SMILES string of the molecule is CCOCCCN=C(NN)Nc1cc(F)c(Br)cc1C. The first kappa shape index (κ1) is 16.9. The molecule has 0 aliphatic carbocycles. The predicted molar refractivity (Wildman–Crippen MR) is 83.2 cm³/mol. The Morgan fingerprint density at radius 1 is 1.50 bits per heavy atom. The fourth-order valence-electron chi connectivity index (χ4n) is 1.53. The molecule has 0 aliphatic rings. The lowest BCUT2D eigenvalue weighted by Crippen LogP contribution is -2.36. The van der Waals surface area contributed by atoms with Gasteiger partial charge in [-0.15, -0.1) is 0 Å². The van der Waals surface area contributed by atoms with Gasteiger partial charge in [0.2, 0.25) is 5.96 Å². The maximum absolute atomic E-state index is 13.5. The highest BCUT2D eigenvalue weighted by atomic mass is 79.9. The average molecular weight is 347 g/mol. The van der Waals surface area contributed by atoms with E-state index in [4.69, 9.17) is 10.6 Å². The van der Waals surface area contributed by atoms with E-state index in [0.29, 0.717) is 35.9 Å². The van der Waals surface area contributed by atoms with E-state index in [-0.39, 0.29) is 5.82 Å². The summed E-state index contributed by atoms with van der Waals surface area (Å²) >= 11 is 3.14. The third-order valence-electron chi connectivity index (χ3n) is 2.58. The lowest BCUT2D eigenvalue weighted by molar-refractivity contribution is 0.146. The van der Waals surface area contributed by atoms with Crippen LogP contribution in [0.1, 0.15) is 18.9 Å². The maximum atomic E-state index is 13.5. The van der Waals surface area contributed by atoms with E-state index in [1.807, 2.05) is 13.8 Å². The Balaban J connectivity index is 2.64. The molecule has 0 aliphatic heterocycles. The Hall–Kier alpha value is -1.18. The Morgan fingerprint density at radius 3 is 2.90 bits per heavy atom. The zero-order valence-electron chi connectivity index (χ0n) is 11.7. The fourth-order valence-corrected chi connectivity index (χ4v) is 1.99. The largest absolute Gasteiger partial charge is 0.382 e. The van der Waals surface area contributed by atoms with E-state index < -0.39 is 0 Å². The van der Waals surface area contributed by atoms with Crippen LogP contribution in [0.15, 0.2) is 21.6 Å². The standard InChI is InChI=1S/C13H20BrFN4O/c1-3-20-6-4-5-17-13(19-16)18-12-8-11(15)10(14)7-9(12)2/h7-8H,3-6,16H2,1-2H3,(H2,17,18,19). The van der Waals surface area contributed by atoms with E-state index in [2.05, 4.69) is 31.7 Å². The van der Waals surface area contributed by atoms with Crippen LogP contribution in [0.5, 0.6) is 0 Å². The van der Waals surface area contributed by atoms with Gasteiger partial charge in [-0.25, -0.2) is 10.2 Å². The second kappa shape index (κ2) is 8.89. The summed E-state index contributed by atoms with van der Waals surface area (Å²) in [6.07, 6.45) is 0.800. The van der Waals surface area contributed by atoms with E-state index in [0.717, 1.165) is 12.0 Å². The number of benzene rings is 1. The van der Waals surface area contributed by atoms with E-state index >= 15 is 0 Å². The number of hydrogen-bond donors (Lipinski definition) is 3. The molecule has 0 fully saturated rings. The van der Waals surface area contributed by atoms with Crippen LogP contribution < -0.4 is 16.6 Å². The normalized spacial score (nSPS) is 11.6. The number of aliphatic imine (C=N–C) groups is 1. The second-order valence-electron chi connectivity index (χ2n) is 4.13. The van der Waals surface area contributed by atoms with Crippen molar-refractivity contribution in [2.45, 2.75) is 20.3 Å². The number of guanidine groups is 1. The summed E-state index contributed by atoms with van der Waals surface area (Å²) in [5, 5.41) is 2.97. The summed E-state index contributed by atoms with van der Waals surface area (Å²) < 4.78 is 19.2. The van der Waals surface area contributed by atoms with E-state index in [9.17, 15) is 4.39 Å². The molecule has 0 amide bonds. The summed E-state index contributed by atoms with van der Waals surface area (Å²) in [5.41, 5.74) is 3.97. The van der Waals surface area contributed by atoms with Gasteiger partial charge in [-0.05, 0) is 53.9 Å². The van der Waals surface area contributed by atoms with Gasteiger partial charge in [0.15, 0.2) is 0 Å². The van der Waals surface area contributed by atoms with Crippen molar-refractivity contribution in [1.29, 1.82) is 0 Å². The first-order chi connectivity index (χ1) is 9.58. The lowest BCUT2D eigenvalue weighted by atomic mass is 10.2. The van der Waals surface area contributed by atoms with Crippen molar-refractivity contribution < 1.29 is 9.13 Å². The highest BCUT2D eigenvalue weighted by molar-refractivity contribution is 9.10. The molecular formula is C13H20BrFN4O. The molecule has 0 bridgehead atoms. The van der Waals surface area contributed by atoms with Gasteiger partial charge >= 0.3 is 0 Å². The molecule has 7 heteroatoms. The van der Waals surface area contributed by atoms with Gasteiger partial charge in [0.25, 0.3) is 0 Å². The minimum absolute atomic E-state index is 0.342. The van der Waals surface area contributed by atoms with E-state index in [1.54, 1.807) is 6.07 Å². The van der Waals surface area contributed by atoms with Gasteiger partial charge in [-0.2, -0.15) is 0 Å². The second-order valence-corrected chi connectivity index (χ2v) is 4.99. The third kappa shape index (κ3) is 5.44. The van der Waals surface area contributed by atoms with Gasteiger partial charge in [0.1, 0.15) is 5.82 Å². The van der Waals surface area contributed by atoms with Crippen molar-refractivity contribution in [3.05, 3.63) is 28.0 Å². The van der Waals surface area contributed by atoms with Crippen LogP contribution in [0.4, 0.5) is 10.1 Å². The number of aryl methyl sites for hydroxylation is 1. The zero-order chi connectivity index (χ0) is 15.0. The topological polar surface area (TPSA) is 71.7 Å². The number of rotatable bonds is 6. The number of nitrogens with zero attached hydrogens (tertiary/aromatic N) is 1. The summed E-state index contributed by atoms with van der Waals surface area (Å²) in [5.74, 6) is 5.45. The number of hydrazine groups is 1. The Bertz CT molecular complexity index is 468. The molecule has 0 spiro atoms. The fraction of sp³-hybridized carbons (Fsp3) is 0.462. The van der Waals surface area contributed by atoms with Crippen molar-refractivity contribution in [3.8, 4) is 0 Å². The van der Waals surface area contributed by atoms with Gasteiger partial charge < -0.3 is 10.1 Å². The number of halogens is 2. The smallest absolute Gasteiger partial charge is 0.210 e. The average Bonchev–Trinajstić information content (AvgIpc) is 2.42. The Morgan fingerprint density at radius 2 is 2.25 bits per heavy atom. The molecule has 0 atom stereocenters. The first-order valence-electron chi connectivity index (χ1n) is 6.40. The third-order valence-corrected chi connectivity index (χ3v) is 3.19. The van der Waals surface area contributed by atoms with Crippen molar-refractivity contribution in [3.63, 3.8) is 0 Å². The Kier molecular flexibility index (Phi) is 7.50. The number of nitrogens with two attached hydrogens (primary N) is 1. The predicted octanol–water partition coefficient (Wildman–Crippen LogP) is 2.55. The van der Waals surface area contributed by atoms with Crippen LogP contribution in [-0.2, 0) is 4.74 Å². The van der Waals surface area contributed by atoms with Crippen molar-refractivity contribution >= 4 is 27.6 Å². The van der Waals surface area contributed by atoms with Gasteiger partial charge in [0.05, 0.1) is 4.47 Å². The molecule has 112 valence electrons. The van der Waals surface area contributed by atoms with Crippen molar-refractivity contribution in [2.75, 3.05) is 25.1 Å². The van der Waals surface area contributed by atoms with E-state index in [1.165, 1.54) is 6.07 Å². The van der Waals surface area contributed by atoms with Gasteiger partial charge in [-0.1, -0.05) is 0 Å². The number of anilines is 1. The number of ether oxygens (including phenoxy) is 1. The van der Waals surface area contributed by atoms with Crippen molar-refractivity contribution in [2.24, 2.45) is 10.8 Å². The van der Waals surface area contributed by atoms with Crippen LogP contribution in [0.3, 0.4) is 0 Å². The lowest BCUT2D eigenvalue weighted by Gasteiger charge is -2.12. The first-order valence-corrected chi connectivity index (χ1v) is 7.19. The minimum atomic E-state index is -0.342. The summed E-state index contributed by atoms with van der Waals surface area (Å²) in [4.78, 5) is 4.26. The summed E-state index contributed by atoms with van der Waals surface area (Å²) in [6.45, 7) is 5.74. The quantitative estimate of drug-likeness (QED) is 0.243. The number of hydrogen-bond acceptors (Lipinski definition) is 3. The highest BCUT2D eigenvalue weighted by Gasteiger charge is 2.06. The summed E-state index contributed by atoms with van der Waals surface area (Å²) in [7, 11) is 0. The molecule has 0 saturated carbocycles. The molecule has 0 heterocycles. The molecular weight excluding hydrogens is 327 g/mol. The molecule has 0 saturated heterocycles. The maximum Gasteiger partial charge on any atom is 0.210 e. The monoisotopic (exact) mass is 346 g/mol. The van der Waals surface area contributed by atoms with Crippen LogP contribution in [-0.4, -0.2) is 25.7 Å². The molecule has 1 aromatic carbocycles. The van der Waals surface area contributed by atoms with Crippen LogP contribution in [0.25, 0.3) is 0 Å². The molecule has 0 radical (unpaired) electrons. The van der Waals surface area contributed by atoms with Crippen LogP contribution in [0.2, 0.25) is 0 Å². The Labute approximate surface area is 126 Å². The minimum Gasteiger partial charge on any atom is -0.382 e. The summed E-state index contributed by atoms with van der Waals surface area (Å²) in [6, 6.07) is 3.09. The van der Waals surface area contributed by atoms with Crippen LogP contribution >= 0.6 is 15.9 Å². The van der Waals surface area contributed by atoms with Gasteiger partial charge in [-0.3, -0.25) is 10.4 Å².